The Morgan fingerprint density at radius 3 is 2.88 bits per heavy atom. The maximum Gasteiger partial charge on any atom is 0.0648 e. The van der Waals surface area contributed by atoms with Crippen molar-refractivity contribution in [3.8, 4) is 0 Å². The largest absolute Gasteiger partial charge is 0.399 e. The van der Waals surface area contributed by atoms with Crippen molar-refractivity contribution in [1.82, 2.24) is 9.55 Å². The van der Waals surface area contributed by atoms with E-state index in [0.717, 1.165) is 23.4 Å². The summed E-state index contributed by atoms with van der Waals surface area (Å²) in [5, 5.41) is 1.20. The van der Waals surface area contributed by atoms with Gasteiger partial charge in [-0.1, -0.05) is 12.1 Å². The Bertz CT molecular complexity index is 641. The number of hydrogen-bond acceptors (Lipinski definition) is 2. The third-order valence-electron chi connectivity index (χ3n) is 2.86. The minimum atomic E-state index is 0.772. The lowest BCUT2D eigenvalue weighted by atomic mass is 10.2. The number of fused-ring (bicyclic) bond motifs is 1. The maximum absolute atomic E-state index is 5.82. The molecule has 84 valence electrons. The van der Waals surface area contributed by atoms with Gasteiger partial charge in [0.2, 0.25) is 0 Å². The molecule has 0 saturated carbocycles. The SMILES string of the molecule is Nc1ccc2ccn(Cc3ccccn3)c2c1. The Balaban J connectivity index is 2.03. The van der Waals surface area contributed by atoms with E-state index in [1.165, 1.54) is 5.39 Å². The molecule has 0 spiro atoms. The first-order valence-electron chi connectivity index (χ1n) is 5.57. The molecule has 3 rings (SSSR count). The first-order chi connectivity index (χ1) is 8.33. The average molecular weight is 223 g/mol. The third kappa shape index (κ3) is 1.87. The molecule has 2 aromatic heterocycles. The van der Waals surface area contributed by atoms with Crippen LogP contribution in [-0.4, -0.2) is 9.55 Å². The Kier molecular flexibility index (Phi) is 2.29. The van der Waals surface area contributed by atoms with Crippen LogP contribution in [-0.2, 0) is 6.54 Å². The molecule has 0 saturated heterocycles. The molecule has 0 atom stereocenters. The predicted molar refractivity (Wildman–Crippen MR) is 69.7 cm³/mol. The van der Waals surface area contributed by atoms with Gasteiger partial charge in [0, 0.05) is 18.1 Å². The van der Waals surface area contributed by atoms with Gasteiger partial charge < -0.3 is 10.3 Å². The highest BCUT2D eigenvalue weighted by molar-refractivity contribution is 5.83. The molecule has 0 fully saturated rings. The van der Waals surface area contributed by atoms with Crippen LogP contribution in [0.25, 0.3) is 10.9 Å². The topological polar surface area (TPSA) is 43.8 Å². The van der Waals surface area contributed by atoms with Crippen LogP contribution >= 0.6 is 0 Å². The highest BCUT2D eigenvalue weighted by atomic mass is 15.0. The summed E-state index contributed by atoms with van der Waals surface area (Å²) in [5.74, 6) is 0. The van der Waals surface area contributed by atoms with E-state index in [2.05, 4.69) is 21.8 Å². The quantitative estimate of drug-likeness (QED) is 0.679. The van der Waals surface area contributed by atoms with Gasteiger partial charge >= 0.3 is 0 Å². The number of nitrogens with zero attached hydrogens (tertiary/aromatic N) is 2. The molecule has 0 bridgehead atoms. The lowest BCUT2D eigenvalue weighted by molar-refractivity contribution is 0.808. The normalized spacial score (nSPS) is 10.8. The number of pyridine rings is 1. The minimum absolute atomic E-state index is 0.772. The van der Waals surface area contributed by atoms with Crippen molar-refractivity contribution in [2.75, 3.05) is 5.73 Å². The van der Waals surface area contributed by atoms with Gasteiger partial charge in [-0.05, 0) is 35.7 Å². The summed E-state index contributed by atoms with van der Waals surface area (Å²) in [5.41, 5.74) is 8.80. The van der Waals surface area contributed by atoms with Gasteiger partial charge in [-0.25, -0.2) is 0 Å². The van der Waals surface area contributed by atoms with Crippen LogP contribution < -0.4 is 5.73 Å². The van der Waals surface area contributed by atoms with E-state index in [1.54, 1.807) is 0 Å². The van der Waals surface area contributed by atoms with Crippen LogP contribution in [0.15, 0.2) is 54.9 Å². The maximum atomic E-state index is 5.82. The molecule has 17 heavy (non-hydrogen) atoms. The highest BCUT2D eigenvalue weighted by Crippen LogP contribution is 2.19. The summed E-state index contributed by atoms with van der Waals surface area (Å²) in [4.78, 5) is 4.33. The zero-order valence-electron chi connectivity index (χ0n) is 9.38. The summed E-state index contributed by atoms with van der Waals surface area (Å²) >= 11 is 0. The van der Waals surface area contributed by atoms with E-state index in [4.69, 9.17) is 5.73 Å². The Hall–Kier alpha value is -2.29. The van der Waals surface area contributed by atoms with Gasteiger partial charge in [0.15, 0.2) is 0 Å². The van der Waals surface area contributed by atoms with Gasteiger partial charge in [-0.2, -0.15) is 0 Å². The van der Waals surface area contributed by atoms with Crippen LogP contribution in [0.5, 0.6) is 0 Å². The van der Waals surface area contributed by atoms with Crippen molar-refractivity contribution in [2.24, 2.45) is 0 Å². The fourth-order valence-electron chi connectivity index (χ4n) is 2.01. The van der Waals surface area contributed by atoms with Crippen LogP contribution in [0, 0.1) is 0 Å². The highest BCUT2D eigenvalue weighted by Gasteiger charge is 2.02. The molecule has 0 aliphatic rings. The van der Waals surface area contributed by atoms with Crippen molar-refractivity contribution in [2.45, 2.75) is 6.54 Å². The Labute approximate surface area is 99.5 Å². The second-order valence-electron chi connectivity index (χ2n) is 4.08. The molecule has 3 aromatic rings. The first-order valence-corrected chi connectivity index (χ1v) is 5.57. The number of rotatable bonds is 2. The first kappa shape index (κ1) is 9.90. The van der Waals surface area contributed by atoms with Crippen molar-refractivity contribution in [3.63, 3.8) is 0 Å². The molecular weight excluding hydrogens is 210 g/mol. The minimum Gasteiger partial charge on any atom is -0.399 e. The average Bonchev–Trinajstić information content (AvgIpc) is 2.73. The lowest BCUT2D eigenvalue weighted by Gasteiger charge is -2.05. The predicted octanol–water partition coefficient (Wildman–Crippen LogP) is 2.67. The number of aromatic nitrogens is 2. The lowest BCUT2D eigenvalue weighted by Crippen LogP contribution is -1.99. The Morgan fingerprint density at radius 1 is 1.12 bits per heavy atom. The third-order valence-corrected chi connectivity index (χ3v) is 2.86. The van der Waals surface area contributed by atoms with Crippen molar-refractivity contribution in [3.05, 3.63) is 60.6 Å². The molecule has 1 aromatic carbocycles. The van der Waals surface area contributed by atoms with Gasteiger partial charge in [0.1, 0.15) is 0 Å². The van der Waals surface area contributed by atoms with E-state index in [-0.39, 0.29) is 0 Å². The van der Waals surface area contributed by atoms with Crippen molar-refractivity contribution < 1.29 is 0 Å². The molecule has 2 heterocycles. The molecule has 0 aliphatic carbocycles. The van der Waals surface area contributed by atoms with Crippen molar-refractivity contribution >= 4 is 16.6 Å². The van der Waals surface area contributed by atoms with Gasteiger partial charge in [0.05, 0.1) is 17.8 Å². The van der Waals surface area contributed by atoms with Gasteiger partial charge in [-0.3, -0.25) is 4.98 Å². The standard InChI is InChI=1S/C14H13N3/c15-12-5-4-11-6-8-17(14(11)9-12)10-13-3-1-2-7-16-13/h1-9H,10,15H2. The smallest absolute Gasteiger partial charge is 0.0648 e. The van der Waals surface area contributed by atoms with E-state index in [1.807, 2.05) is 42.6 Å². The molecule has 3 heteroatoms. The van der Waals surface area contributed by atoms with Crippen LogP contribution in [0.3, 0.4) is 0 Å². The molecule has 0 aliphatic heterocycles. The molecule has 0 radical (unpaired) electrons. The van der Waals surface area contributed by atoms with Crippen LogP contribution in [0.1, 0.15) is 5.69 Å². The summed E-state index contributed by atoms with van der Waals surface area (Å²) in [7, 11) is 0. The second-order valence-corrected chi connectivity index (χ2v) is 4.08. The fraction of sp³-hybridized carbons (Fsp3) is 0.0714. The van der Waals surface area contributed by atoms with Crippen molar-refractivity contribution in [1.29, 1.82) is 0 Å². The zero-order chi connectivity index (χ0) is 11.7. The van der Waals surface area contributed by atoms with Gasteiger partial charge in [0.25, 0.3) is 0 Å². The second kappa shape index (κ2) is 3.94. The molecule has 3 nitrogen and oxygen atoms in total. The fourth-order valence-corrected chi connectivity index (χ4v) is 2.01. The number of hydrogen-bond donors (Lipinski definition) is 1. The molecular formula is C14H13N3. The summed E-state index contributed by atoms with van der Waals surface area (Å²) in [6, 6.07) is 14.0. The monoisotopic (exact) mass is 223 g/mol. The summed E-state index contributed by atoms with van der Waals surface area (Å²) in [6.45, 7) is 0.772. The van der Waals surface area contributed by atoms with E-state index in [9.17, 15) is 0 Å². The molecule has 0 amide bonds. The number of nitrogens with two attached hydrogens (primary N) is 1. The van der Waals surface area contributed by atoms with E-state index >= 15 is 0 Å². The van der Waals surface area contributed by atoms with Crippen LogP contribution in [0.2, 0.25) is 0 Å². The molecule has 2 N–H and O–H groups in total. The van der Waals surface area contributed by atoms with E-state index < -0.39 is 0 Å². The molecule has 0 unspecified atom stereocenters. The number of benzene rings is 1. The number of anilines is 1. The summed E-state index contributed by atoms with van der Waals surface area (Å²) in [6.07, 6.45) is 3.88. The van der Waals surface area contributed by atoms with Crippen LogP contribution in [0.4, 0.5) is 5.69 Å². The zero-order valence-corrected chi connectivity index (χ0v) is 9.38. The van der Waals surface area contributed by atoms with E-state index in [0.29, 0.717) is 0 Å². The summed E-state index contributed by atoms with van der Waals surface area (Å²) < 4.78 is 2.16. The number of nitrogen functional groups attached to an aromatic ring is 1. The Morgan fingerprint density at radius 2 is 2.06 bits per heavy atom. The van der Waals surface area contributed by atoms with Gasteiger partial charge in [-0.15, -0.1) is 0 Å².